The number of anilines is 1. The Morgan fingerprint density at radius 3 is 1.51 bits per heavy atom. The van der Waals surface area contributed by atoms with Crippen LogP contribution in [0.4, 0.5) is 5.69 Å². The Labute approximate surface area is 298 Å². The fourth-order valence-electron chi connectivity index (χ4n) is 4.82. The molecule has 0 spiro atoms. The van der Waals surface area contributed by atoms with Crippen LogP contribution in [0.1, 0.15) is 27.7 Å². The first-order valence-corrected chi connectivity index (χ1v) is 16.6. The number of nitrogens with zero attached hydrogens (tertiary/aromatic N) is 1. The number of ether oxygens (including phenoxy) is 5. The van der Waals surface area contributed by atoms with Gasteiger partial charge in [0.25, 0.3) is 0 Å². The summed E-state index contributed by atoms with van der Waals surface area (Å²) in [6.07, 6.45) is -4.47. The summed E-state index contributed by atoms with van der Waals surface area (Å²) < 4.78 is 25.7. The van der Waals surface area contributed by atoms with Gasteiger partial charge in [0.2, 0.25) is 0 Å². The summed E-state index contributed by atoms with van der Waals surface area (Å²) in [5.74, 6) is -2.62. The SMILES string of the molecule is CC(=O)OCC1OC([S-])C(OC(C)=O)C(OC(C)=O)C1OC(C)=O.CN(C)c1ccc([PH+](c2ccccc2)c2ccccc2)cc1.[Au]. The standard InChI is InChI=1S/C20H20NP.C14H20O9S.Au/c1-21(2)17-13-15-20(16-14-17)22(18-9-5-3-6-10-18)19-11-7-4-8-12-19;1-6(15)19-5-10-11(20-7(2)16)12(21-8(3)17)13(14(24)23-10)22-9(4)18;/h3-16H,1-2H3;10-14,24H,5H2,1-4H3;. The van der Waals surface area contributed by atoms with E-state index in [0.717, 1.165) is 20.8 Å². The summed E-state index contributed by atoms with van der Waals surface area (Å²) in [7, 11) is 3.22. The van der Waals surface area contributed by atoms with Crippen LogP contribution in [0.15, 0.2) is 84.9 Å². The van der Waals surface area contributed by atoms with Crippen molar-refractivity contribution >= 4 is 66.0 Å². The molecule has 0 bridgehead atoms. The molecular formula is C34H40AuNO9PS. The van der Waals surface area contributed by atoms with Crippen molar-refractivity contribution in [3.63, 3.8) is 0 Å². The molecule has 5 unspecified atom stereocenters. The number of rotatable bonds is 9. The van der Waals surface area contributed by atoms with Crippen LogP contribution in [-0.4, -0.2) is 74.4 Å². The van der Waals surface area contributed by atoms with Crippen molar-refractivity contribution in [1.82, 2.24) is 0 Å². The van der Waals surface area contributed by atoms with E-state index in [0.29, 0.717) is 0 Å². The predicted octanol–water partition coefficient (Wildman–Crippen LogP) is 2.86. The number of esters is 4. The van der Waals surface area contributed by atoms with Gasteiger partial charge in [-0.2, -0.15) is 0 Å². The van der Waals surface area contributed by atoms with E-state index in [4.69, 9.17) is 36.3 Å². The molecule has 0 aliphatic carbocycles. The number of benzene rings is 3. The molecule has 1 radical (unpaired) electrons. The third kappa shape index (κ3) is 12.4. The molecule has 0 saturated carbocycles. The van der Waals surface area contributed by atoms with Crippen LogP contribution in [0.3, 0.4) is 0 Å². The first kappa shape index (κ1) is 40.0. The van der Waals surface area contributed by atoms with Crippen LogP contribution in [0.2, 0.25) is 0 Å². The Morgan fingerprint density at radius 1 is 0.660 bits per heavy atom. The zero-order valence-corrected chi connectivity index (χ0v) is 31.0. The topological polar surface area (TPSA) is 118 Å². The monoisotopic (exact) mass is 866 g/mol. The Balaban J connectivity index is 0.000000321. The summed E-state index contributed by atoms with van der Waals surface area (Å²) in [5, 5.41) is 4.28. The smallest absolute Gasteiger partial charge is 0.303 e. The minimum absolute atomic E-state index is 0. The maximum atomic E-state index is 11.4. The van der Waals surface area contributed by atoms with E-state index in [1.165, 1.54) is 28.5 Å². The fraction of sp³-hybridized carbons (Fsp3) is 0.353. The van der Waals surface area contributed by atoms with Gasteiger partial charge in [0.1, 0.15) is 34.7 Å². The molecule has 0 N–H and O–H groups in total. The predicted molar refractivity (Wildman–Crippen MR) is 180 cm³/mol. The third-order valence-corrected chi connectivity index (χ3v) is 9.86. The first-order chi connectivity index (χ1) is 21.9. The molecule has 3 aromatic rings. The van der Waals surface area contributed by atoms with Crippen molar-refractivity contribution in [2.24, 2.45) is 0 Å². The van der Waals surface area contributed by atoms with Crippen LogP contribution >= 0.6 is 7.92 Å². The second kappa shape index (κ2) is 19.6. The summed E-state index contributed by atoms with van der Waals surface area (Å²) in [6.45, 7) is 4.36. The van der Waals surface area contributed by atoms with Gasteiger partial charge in [0.15, 0.2) is 12.2 Å². The molecule has 0 aromatic heterocycles. The van der Waals surface area contributed by atoms with Gasteiger partial charge in [0, 0.05) is 69.9 Å². The van der Waals surface area contributed by atoms with Gasteiger partial charge in [0.05, 0.1) is 7.92 Å². The van der Waals surface area contributed by atoms with E-state index in [1.807, 2.05) is 0 Å². The molecule has 4 rings (SSSR count). The number of carbonyl (C=O) groups excluding carboxylic acids is 4. The second-order valence-electron chi connectivity index (χ2n) is 10.6. The van der Waals surface area contributed by atoms with Gasteiger partial charge < -0.3 is 41.2 Å². The van der Waals surface area contributed by atoms with Gasteiger partial charge in [-0.3, -0.25) is 19.2 Å². The Kier molecular flexibility index (Phi) is 16.7. The van der Waals surface area contributed by atoms with Crippen molar-refractivity contribution < 1.29 is 65.2 Å². The van der Waals surface area contributed by atoms with E-state index in [2.05, 4.69) is 104 Å². The van der Waals surface area contributed by atoms with Crippen LogP contribution in [0.25, 0.3) is 0 Å². The maximum Gasteiger partial charge on any atom is 0.303 e. The molecule has 10 nitrogen and oxygen atoms in total. The molecule has 1 aliphatic rings. The molecule has 1 fully saturated rings. The molecule has 1 saturated heterocycles. The minimum atomic E-state index is -1.19. The van der Waals surface area contributed by atoms with Crippen LogP contribution in [-0.2, 0) is 77.9 Å². The number of hydrogen-bond donors (Lipinski definition) is 0. The Hall–Kier alpha value is -3.18. The molecule has 1 aliphatic heterocycles. The van der Waals surface area contributed by atoms with Gasteiger partial charge in [-0.25, -0.2) is 0 Å². The summed E-state index contributed by atoms with van der Waals surface area (Å²) in [6, 6.07) is 30.7. The molecule has 47 heavy (non-hydrogen) atoms. The summed E-state index contributed by atoms with van der Waals surface area (Å²) in [5.41, 5.74) is 0.150. The summed E-state index contributed by atoms with van der Waals surface area (Å²) >= 11 is 5.11. The zero-order chi connectivity index (χ0) is 33.8. The molecule has 0 amide bonds. The van der Waals surface area contributed by atoms with Gasteiger partial charge in [-0.05, 0) is 54.0 Å². The Bertz CT molecular complexity index is 1410. The van der Waals surface area contributed by atoms with Crippen LogP contribution in [0, 0.1) is 0 Å². The number of carbonyl (C=O) groups is 4. The fourth-order valence-corrected chi connectivity index (χ4v) is 7.73. The molecule has 257 valence electrons. The molecular weight excluding hydrogens is 826 g/mol. The van der Waals surface area contributed by atoms with E-state index in [-0.39, 0.29) is 29.0 Å². The third-order valence-electron chi connectivity index (χ3n) is 6.75. The van der Waals surface area contributed by atoms with E-state index >= 15 is 0 Å². The van der Waals surface area contributed by atoms with Crippen molar-refractivity contribution in [3.8, 4) is 0 Å². The average Bonchev–Trinajstić information content (AvgIpc) is 3.00. The molecule has 3 aromatic carbocycles. The van der Waals surface area contributed by atoms with Crippen LogP contribution < -0.4 is 20.8 Å². The van der Waals surface area contributed by atoms with Gasteiger partial charge in [-0.15, -0.1) is 0 Å². The number of hydrogen-bond acceptors (Lipinski definition) is 11. The quantitative estimate of drug-likeness (QED) is 0.104. The molecule has 5 atom stereocenters. The molecule has 13 heteroatoms. The van der Waals surface area contributed by atoms with E-state index in [1.54, 1.807) is 0 Å². The van der Waals surface area contributed by atoms with Gasteiger partial charge >= 0.3 is 23.9 Å². The summed E-state index contributed by atoms with van der Waals surface area (Å²) in [4.78, 5) is 47.2. The molecule has 1 heterocycles. The maximum absolute atomic E-state index is 11.4. The van der Waals surface area contributed by atoms with Crippen molar-refractivity contribution in [2.45, 2.75) is 57.5 Å². The largest absolute Gasteiger partial charge is 0.757 e. The van der Waals surface area contributed by atoms with Crippen LogP contribution in [0.5, 0.6) is 0 Å². The van der Waals surface area contributed by atoms with Gasteiger partial charge in [-0.1, -0.05) is 36.4 Å². The first-order valence-electron chi connectivity index (χ1n) is 14.6. The van der Waals surface area contributed by atoms with Crippen molar-refractivity contribution in [2.75, 3.05) is 25.6 Å². The normalized spacial score (nSPS) is 20.0. The zero-order valence-electron chi connectivity index (χ0n) is 27.0. The average molecular weight is 867 g/mol. The second-order valence-corrected chi connectivity index (χ2v) is 13.6. The van der Waals surface area contributed by atoms with Crippen molar-refractivity contribution in [1.29, 1.82) is 0 Å². The van der Waals surface area contributed by atoms with Crippen molar-refractivity contribution in [3.05, 3.63) is 84.9 Å². The van der Waals surface area contributed by atoms with E-state index in [9.17, 15) is 19.2 Å². The van der Waals surface area contributed by atoms with E-state index < -0.39 is 61.7 Å². The Morgan fingerprint density at radius 2 is 1.09 bits per heavy atom. The minimum Gasteiger partial charge on any atom is -0.757 e.